The number of aromatic nitrogens is 1. The maximum absolute atomic E-state index is 11.0. The van der Waals surface area contributed by atoms with Crippen molar-refractivity contribution in [3.63, 3.8) is 0 Å². The molecule has 180 valence electrons. The lowest BCUT2D eigenvalue weighted by Crippen LogP contribution is -2.38. The molecule has 2 aromatic carbocycles. The summed E-state index contributed by atoms with van der Waals surface area (Å²) in [5.41, 5.74) is 4.23. The van der Waals surface area contributed by atoms with Crippen molar-refractivity contribution in [1.82, 2.24) is 10.1 Å². The lowest BCUT2D eigenvalue weighted by Gasteiger charge is -2.28. The van der Waals surface area contributed by atoms with Crippen molar-refractivity contribution in [2.75, 3.05) is 37.7 Å². The van der Waals surface area contributed by atoms with Crippen LogP contribution in [-0.4, -0.2) is 60.2 Å². The number of hydrogen-bond acceptors (Lipinski definition) is 6. The summed E-state index contributed by atoms with van der Waals surface area (Å²) in [5.74, 6) is 0.881. The Morgan fingerprint density at radius 2 is 1.74 bits per heavy atom. The lowest BCUT2D eigenvalue weighted by atomic mass is 10.0. The van der Waals surface area contributed by atoms with Crippen LogP contribution in [0.15, 0.2) is 65.2 Å². The van der Waals surface area contributed by atoms with Crippen molar-refractivity contribution in [3.05, 3.63) is 71.8 Å². The fraction of sp³-hybridized carbons (Fsp3) is 0.464. The molecule has 0 amide bonds. The van der Waals surface area contributed by atoms with E-state index in [1.54, 1.807) is 0 Å². The molecule has 0 saturated carbocycles. The Morgan fingerprint density at radius 1 is 1.00 bits per heavy atom. The minimum Gasteiger partial charge on any atom is -0.391 e. The highest BCUT2D eigenvalue weighted by Gasteiger charge is 2.28. The van der Waals surface area contributed by atoms with Crippen LogP contribution in [0.25, 0.3) is 11.3 Å². The first-order valence-corrected chi connectivity index (χ1v) is 12.6. The average Bonchev–Trinajstić information content (AvgIpc) is 3.63. The van der Waals surface area contributed by atoms with Crippen molar-refractivity contribution in [3.8, 4) is 11.3 Å². The van der Waals surface area contributed by atoms with Crippen LogP contribution in [0.2, 0.25) is 0 Å². The highest BCUT2D eigenvalue weighted by molar-refractivity contribution is 5.68. The standard InChI is InChI=1S/C28H35N3O3/c32-24(18-22-10-3-1-4-11-22)19-30(20-25-14-9-17-33-25)21-26-27(23-12-5-2-6-13-23)29-34-28(26)31-15-7-8-16-31/h1-6,10-13,24-25,32H,7-9,14-21H2/t24-,25-/m0/s1. The Balaban J connectivity index is 1.40. The van der Waals surface area contributed by atoms with E-state index in [-0.39, 0.29) is 6.10 Å². The fourth-order valence-electron chi connectivity index (χ4n) is 5.19. The molecule has 1 aromatic heterocycles. The van der Waals surface area contributed by atoms with Crippen LogP contribution in [-0.2, 0) is 17.7 Å². The van der Waals surface area contributed by atoms with Crippen molar-refractivity contribution in [2.45, 2.75) is 50.9 Å². The van der Waals surface area contributed by atoms with E-state index in [0.29, 0.717) is 19.5 Å². The van der Waals surface area contributed by atoms with Gasteiger partial charge in [-0.2, -0.15) is 0 Å². The van der Waals surface area contributed by atoms with Crippen LogP contribution < -0.4 is 4.90 Å². The largest absolute Gasteiger partial charge is 0.391 e. The van der Waals surface area contributed by atoms with E-state index in [9.17, 15) is 5.11 Å². The molecule has 5 rings (SSSR count). The molecule has 6 nitrogen and oxygen atoms in total. The second-order valence-electron chi connectivity index (χ2n) is 9.55. The Labute approximate surface area is 202 Å². The minimum atomic E-state index is -0.459. The number of aliphatic hydroxyl groups excluding tert-OH is 1. The Kier molecular flexibility index (Phi) is 7.59. The van der Waals surface area contributed by atoms with Crippen molar-refractivity contribution >= 4 is 5.88 Å². The SMILES string of the molecule is O[C@@H](Cc1ccccc1)CN(Cc1c(-c2ccccc2)noc1N1CCCC1)C[C@@H]1CCCO1. The summed E-state index contributed by atoms with van der Waals surface area (Å²) in [7, 11) is 0. The summed E-state index contributed by atoms with van der Waals surface area (Å²) < 4.78 is 11.9. The molecule has 0 unspecified atom stereocenters. The van der Waals surface area contributed by atoms with Gasteiger partial charge in [-0.1, -0.05) is 65.8 Å². The molecule has 2 fully saturated rings. The summed E-state index contributed by atoms with van der Waals surface area (Å²) in [6, 6.07) is 20.5. The number of hydrogen-bond donors (Lipinski definition) is 1. The molecule has 3 aromatic rings. The molecule has 2 aliphatic heterocycles. The normalized spacial score (nSPS) is 19.2. The molecular weight excluding hydrogens is 426 g/mol. The van der Waals surface area contributed by atoms with Gasteiger partial charge >= 0.3 is 0 Å². The number of anilines is 1. The maximum Gasteiger partial charge on any atom is 0.232 e. The van der Waals surface area contributed by atoms with Crippen LogP contribution >= 0.6 is 0 Å². The van der Waals surface area contributed by atoms with E-state index in [1.165, 1.54) is 12.8 Å². The predicted octanol–water partition coefficient (Wildman–Crippen LogP) is 4.53. The monoisotopic (exact) mass is 461 g/mol. The highest BCUT2D eigenvalue weighted by atomic mass is 16.5. The van der Waals surface area contributed by atoms with Crippen LogP contribution in [0, 0.1) is 0 Å². The smallest absolute Gasteiger partial charge is 0.232 e. The fourth-order valence-corrected chi connectivity index (χ4v) is 5.19. The first kappa shape index (κ1) is 23.1. The van der Waals surface area contributed by atoms with E-state index in [0.717, 1.165) is 67.4 Å². The number of aliphatic hydroxyl groups is 1. The highest BCUT2D eigenvalue weighted by Crippen LogP contribution is 2.34. The van der Waals surface area contributed by atoms with E-state index in [2.05, 4.69) is 39.2 Å². The van der Waals surface area contributed by atoms with Gasteiger partial charge in [-0.15, -0.1) is 0 Å². The average molecular weight is 462 g/mol. The van der Waals surface area contributed by atoms with Crippen molar-refractivity contribution < 1.29 is 14.4 Å². The topological polar surface area (TPSA) is 62.0 Å². The van der Waals surface area contributed by atoms with Gasteiger partial charge in [0.1, 0.15) is 5.69 Å². The number of ether oxygens (including phenoxy) is 1. The van der Waals surface area contributed by atoms with Gasteiger partial charge in [-0.25, -0.2) is 0 Å². The summed E-state index contributed by atoms with van der Waals surface area (Å²) in [5, 5.41) is 15.5. The second kappa shape index (κ2) is 11.2. The van der Waals surface area contributed by atoms with Gasteiger partial charge < -0.3 is 19.3 Å². The molecule has 2 saturated heterocycles. The van der Waals surface area contributed by atoms with Crippen LogP contribution in [0.3, 0.4) is 0 Å². The zero-order valence-electron chi connectivity index (χ0n) is 19.8. The quantitative estimate of drug-likeness (QED) is 0.479. The molecule has 3 heterocycles. The third kappa shape index (κ3) is 5.69. The second-order valence-corrected chi connectivity index (χ2v) is 9.55. The molecule has 6 heteroatoms. The Morgan fingerprint density at radius 3 is 2.44 bits per heavy atom. The minimum absolute atomic E-state index is 0.208. The maximum atomic E-state index is 11.0. The third-order valence-corrected chi connectivity index (χ3v) is 6.86. The Bertz CT molecular complexity index is 1010. The first-order valence-electron chi connectivity index (χ1n) is 12.6. The molecule has 2 atom stereocenters. The molecule has 2 aliphatic rings. The molecule has 0 spiro atoms. The van der Waals surface area contributed by atoms with Crippen LogP contribution in [0.5, 0.6) is 0 Å². The first-order chi connectivity index (χ1) is 16.8. The summed E-state index contributed by atoms with van der Waals surface area (Å²) >= 11 is 0. The summed E-state index contributed by atoms with van der Waals surface area (Å²) in [4.78, 5) is 4.65. The molecule has 34 heavy (non-hydrogen) atoms. The van der Waals surface area contributed by atoms with E-state index >= 15 is 0 Å². The van der Waals surface area contributed by atoms with Crippen molar-refractivity contribution in [2.24, 2.45) is 0 Å². The summed E-state index contributed by atoms with van der Waals surface area (Å²) in [6.07, 6.45) is 4.91. The molecular formula is C28H35N3O3. The lowest BCUT2D eigenvalue weighted by molar-refractivity contribution is 0.0465. The molecule has 0 aliphatic carbocycles. The van der Waals surface area contributed by atoms with Gasteiger partial charge in [-0.3, -0.25) is 4.90 Å². The van der Waals surface area contributed by atoms with Crippen molar-refractivity contribution in [1.29, 1.82) is 0 Å². The van der Waals surface area contributed by atoms with Gasteiger partial charge in [0.05, 0.1) is 17.8 Å². The molecule has 1 N–H and O–H groups in total. The zero-order valence-corrected chi connectivity index (χ0v) is 19.8. The third-order valence-electron chi connectivity index (χ3n) is 6.86. The van der Waals surface area contributed by atoms with Crippen LogP contribution in [0.1, 0.15) is 36.8 Å². The van der Waals surface area contributed by atoms with Crippen LogP contribution in [0.4, 0.5) is 5.88 Å². The number of benzene rings is 2. The molecule has 0 bridgehead atoms. The predicted molar refractivity (Wildman–Crippen MR) is 134 cm³/mol. The zero-order chi connectivity index (χ0) is 23.2. The summed E-state index contributed by atoms with van der Waals surface area (Å²) in [6.45, 7) is 4.87. The van der Waals surface area contributed by atoms with E-state index in [4.69, 9.17) is 9.26 Å². The van der Waals surface area contributed by atoms with E-state index in [1.807, 2.05) is 36.4 Å². The van der Waals surface area contributed by atoms with Gasteiger partial charge in [0, 0.05) is 44.9 Å². The van der Waals surface area contributed by atoms with Gasteiger partial charge in [0.25, 0.3) is 0 Å². The Hall–Kier alpha value is -2.67. The number of nitrogens with zero attached hydrogens (tertiary/aromatic N) is 3. The van der Waals surface area contributed by atoms with Gasteiger partial charge in [-0.05, 0) is 37.7 Å². The number of rotatable bonds is 10. The van der Waals surface area contributed by atoms with Gasteiger partial charge in [0.15, 0.2) is 0 Å². The van der Waals surface area contributed by atoms with Gasteiger partial charge in [0.2, 0.25) is 5.88 Å². The van der Waals surface area contributed by atoms with E-state index < -0.39 is 6.10 Å². The molecule has 0 radical (unpaired) electrons.